The Bertz CT molecular complexity index is 779. The summed E-state index contributed by atoms with van der Waals surface area (Å²) in [6.45, 7) is 5.46. The van der Waals surface area contributed by atoms with Crippen LogP contribution < -0.4 is 5.32 Å². The van der Waals surface area contributed by atoms with Crippen molar-refractivity contribution in [1.29, 1.82) is 10.7 Å². The highest BCUT2D eigenvalue weighted by atomic mass is 16.6. The molecule has 0 spiro atoms. The first-order valence-electron chi connectivity index (χ1n) is 7.48. The fraction of sp³-hybridized carbons (Fsp3) is 0.211. The molecule has 0 fully saturated rings. The van der Waals surface area contributed by atoms with Gasteiger partial charge in [-0.3, -0.25) is 5.41 Å². The molecule has 0 amide bonds. The van der Waals surface area contributed by atoms with E-state index in [0.29, 0.717) is 22.4 Å². The molecule has 0 saturated carbocycles. The van der Waals surface area contributed by atoms with Crippen LogP contribution >= 0.6 is 0 Å². The molecule has 0 unspecified atom stereocenters. The summed E-state index contributed by atoms with van der Waals surface area (Å²) in [5, 5.41) is 19.8. The van der Waals surface area contributed by atoms with Crippen LogP contribution in [0.1, 0.15) is 42.3 Å². The number of rotatable bonds is 3. The van der Waals surface area contributed by atoms with Gasteiger partial charge >= 0.3 is 5.97 Å². The van der Waals surface area contributed by atoms with Crippen LogP contribution in [-0.2, 0) is 4.74 Å². The minimum absolute atomic E-state index is 0.213. The highest BCUT2D eigenvalue weighted by molar-refractivity contribution is 6.06. The lowest BCUT2D eigenvalue weighted by atomic mass is 10.1. The largest absolute Gasteiger partial charge is 0.456 e. The molecule has 2 N–H and O–H groups in total. The second-order valence-electron chi connectivity index (χ2n) is 6.27. The molecule has 24 heavy (non-hydrogen) atoms. The Morgan fingerprint density at radius 3 is 2.08 bits per heavy atom. The highest BCUT2D eigenvalue weighted by Gasteiger charge is 2.17. The molecule has 5 nitrogen and oxygen atoms in total. The lowest BCUT2D eigenvalue weighted by molar-refractivity contribution is 0.00696. The van der Waals surface area contributed by atoms with Gasteiger partial charge in [0.2, 0.25) is 0 Å². The van der Waals surface area contributed by atoms with Gasteiger partial charge in [0.05, 0.1) is 17.2 Å². The summed E-state index contributed by atoms with van der Waals surface area (Å²) in [4.78, 5) is 12.0. The number of nitrogens with zero attached hydrogens (tertiary/aromatic N) is 1. The lowest BCUT2D eigenvalue weighted by Gasteiger charge is -2.19. The Morgan fingerprint density at radius 1 is 1.04 bits per heavy atom. The third-order valence-corrected chi connectivity index (χ3v) is 3.09. The van der Waals surface area contributed by atoms with Crippen molar-refractivity contribution in [2.45, 2.75) is 26.4 Å². The molecule has 0 atom stereocenters. The minimum Gasteiger partial charge on any atom is -0.456 e. The number of amidine groups is 1. The Balaban J connectivity index is 2.04. The van der Waals surface area contributed by atoms with E-state index in [-0.39, 0.29) is 11.8 Å². The van der Waals surface area contributed by atoms with Crippen molar-refractivity contribution in [2.24, 2.45) is 0 Å². The van der Waals surface area contributed by atoms with Crippen LogP contribution in [0.2, 0.25) is 0 Å². The zero-order valence-electron chi connectivity index (χ0n) is 13.9. The molecule has 2 aromatic carbocycles. The molecule has 0 heterocycles. The molecule has 0 aromatic heterocycles. The monoisotopic (exact) mass is 321 g/mol. The fourth-order valence-corrected chi connectivity index (χ4v) is 1.95. The van der Waals surface area contributed by atoms with Crippen molar-refractivity contribution in [3.8, 4) is 6.07 Å². The van der Waals surface area contributed by atoms with Crippen LogP contribution in [0.3, 0.4) is 0 Å². The van der Waals surface area contributed by atoms with Gasteiger partial charge in [-0.15, -0.1) is 0 Å². The number of nitrogens with one attached hydrogen (secondary N) is 2. The summed E-state index contributed by atoms with van der Waals surface area (Å²) in [5.74, 6) is -0.166. The maximum atomic E-state index is 12.0. The molecule has 0 aliphatic heterocycles. The van der Waals surface area contributed by atoms with Crippen LogP contribution in [0.15, 0.2) is 48.5 Å². The molecule has 0 saturated heterocycles. The standard InChI is InChI=1S/C19H19N3O2/c1-19(2,3)24-18(23)15-8-10-16(11-9-15)22-17(21)14-6-4-13(12-20)5-7-14/h4-11H,1-3H3,(H2,21,22). The number of ether oxygens (including phenoxy) is 1. The number of anilines is 1. The van der Waals surface area contributed by atoms with E-state index >= 15 is 0 Å². The second kappa shape index (κ2) is 6.97. The summed E-state index contributed by atoms with van der Waals surface area (Å²) >= 11 is 0. The van der Waals surface area contributed by atoms with Gasteiger partial charge in [-0.05, 0) is 69.3 Å². The van der Waals surface area contributed by atoms with Crippen LogP contribution in [0.5, 0.6) is 0 Å². The van der Waals surface area contributed by atoms with E-state index in [0.717, 1.165) is 0 Å². The van der Waals surface area contributed by atoms with E-state index in [2.05, 4.69) is 5.32 Å². The average molecular weight is 321 g/mol. The molecule has 2 aromatic rings. The zero-order valence-corrected chi connectivity index (χ0v) is 13.9. The van der Waals surface area contributed by atoms with Crippen LogP contribution in [0, 0.1) is 16.7 Å². The Morgan fingerprint density at radius 2 is 1.58 bits per heavy atom. The topological polar surface area (TPSA) is 86.0 Å². The summed E-state index contributed by atoms with van der Waals surface area (Å²) < 4.78 is 5.31. The van der Waals surface area contributed by atoms with E-state index in [4.69, 9.17) is 15.4 Å². The third-order valence-electron chi connectivity index (χ3n) is 3.09. The van der Waals surface area contributed by atoms with Crippen LogP contribution in [-0.4, -0.2) is 17.4 Å². The summed E-state index contributed by atoms with van der Waals surface area (Å²) in [5.41, 5.74) is 1.83. The summed E-state index contributed by atoms with van der Waals surface area (Å²) in [7, 11) is 0. The first-order valence-corrected chi connectivity index (χ1v) is 7.48. The molecular formula is C19H19N3O2. The molecule has 2 rings (SSSR count). The maximum Gasteiger partial charge on any atom is 0.338 e. The van der Waals surface area contributed by atoms with E-state index in [9.17, 15) is 4.79 Å². The van der Waals surface area contributed by atoms with Crippen molar-refractivity contribution in [1.82, 2.24) is 0 Å². The molecule has 5 heteroatoms. The molecule has 0 bridgehead atoms. The molecular weight excluding hydrogens is 302 g/mol. The number of carbonyl (C=O) groups excluding carboxylic acids is 1. The van der Waals surface area contributed by atoms with Crippen molar-refractivity contribution < 1.29 is 9.53 Å². The van der Waals surface area contributed by atoms with Gasteiger partial charge in [-0.1, -0.05) is 0 Å². The Kier molecular flexibility index (Phi) is 5.00. The molecule has 0 aliphatic rings. The molecule has 0 radical (unpaired) electrons. The van der Waals surface area contributed by atoms with Gasteiger partial charge in [0.15, 0.2) is 0 Å². The predicted octanol–water partition coefficient (Wildman–Crippen LogP) is 3.95. The first kappa shape index (κ1) is 17.2. The summed E-state index contributed by atoms with van der Waals surface area (Å²) in [6.07, 6.45) is 0. The summed E-state index contributed by atoms with van der Waals surface area (Å²) in [6, 6.07) is 15.5. The smallest absolute Gasteiger partial charge is 0.338 e. The SMILES string of the molecule is CC(C)(C)OC(=O)c1ccc(NC(=N)c2ccc(C#N)cc2)cc1. The van der Waals surface area contributed by atoms with Crippen molar-refractivity contribution >= 4 is 17.5 Å². The Hall–Kier alpha value is -3.13. The number of nitriles is 1. The first-order chi connectivity index (χ1) is 11.3. The number of benzene rings is 2. The minimum atomic E-state index is -0.536. The number of carbonyl (C=O) groups is 1. The highest BCUT2D eigenvalue weighted by Crippen LogP contribution is 2.15. The fourth-order valence-electron chi connectivity index (χ4n) is 1.95. The predicted molar refractivity (Wildman–Crippen MR) is 93.2 cm³/mol. The van der Waals surface area contributed by atoms with Gasteiger partial charge < -0.3 is 10.1 Å². The number of hydrogen-bond acceptors (Lipinski definition) is 4. The van der Waals surface area contributed by atoms with Crippen LogP contribution in [0.4, 0.5) is 5.69 Å². The van der Waals surface area contributed by atoms with Crippen molar-refractivity contribution in [3.63, 3.8) is 0 Å². The number of esters is 1. The van der Waals surface area contributed by atoms with Crippen molar-refractivity contribution in [3.05, 3.63) is 65.2 Å². The van der Waals surface area contributed by atoms with E-state index < -0.39 is 5.60 Å². The zero-order chi connectivity index (χ0) is 17.7. The Labute approximate surface area is 141 Å². The van der Waals surface area contributed by atoms with Gasteiger partial charge in [-0.2, -0.15) is 5.26 Å². The van der Waals surface area contributed by atoms with Crippen LogP contribution in [0.25, 0.3) is 0 Å². The lowest BCUT2D eigenvalue weighted by Crippen LogP contribution is -2.23. The molecule has 0 aliphatic carbocycles. The quantitative estimate of drug-likeness (QED) is 0.509. The third kappa shape index (κ3) is 4.68. The second-order valence-corrected chi connectivity index (χ2v) is 6.27. The van der Waals surface area contributed by atoms with Crippen molar-refractivity contribution in [2.75, 3.05) is 5.32 Å². The maximum absolute atomic E-state index is 12.0. The molecule has 122 valence electrons. The van der Waals surface area contributed by atoms with Gasteiger partial charge in [0, 0.05) is 11.3 Å². The normalized spacial score (nSPS) is 10.6. The van der Waals surface area contributed by atoms with E-state index in [1.807, 2.05) is 26.8 Å². The van der Waals surface area contributed by atoms with Gasteiger partial charge in [-0.25, -0.2) is 4.79 Å². The number of hydrogen-bond donors (Lipinski definition) is 2. The van der Waals surface area contributed by atoms with E-state index in [1.165, 1.54) is 0 Å². The van der Waals surface area contributed by atoms with Gasteiger partial charge in [0.25, 0.3) is 0 Å². The van der Waals surface area contributed by atoms with E-state index in [1.54, 1.807) is 48.5 Å². The van der Waals surface area contributed by atoms with Gasteiger partial charge in [0.1, 0.15) is 11.4 Å². The average Bonchev–Trinajstić information content (AvgIpc) is 2.54.